The van der Waals surface area contributed by atoms with Gasteiger partial charge in [-0.05, 0) is 48.9 Å². The third-order valence-corrected chi connectivity index (χ3v) is 4.70. The number of aryl methyl sites for hydroxylation is 1. The van der Waals surface area contributed by atoms with Gasteiger partial charge in [-0.3, -0.25) is 4.79 Å². The zero-order valence-corrected chi connectivity index (χ0v) is 17.5. The number of aromatic nitrogens is 3. The van der Waals surface area contributed by atoms with Crippen LogP contribution in [-0.4, -0.2) is 34.9 Å². The first-order chi connectivity index (χ1) is 15.1. The lowest BCUT2D eigenvalue weighted by Gasteiger charge is -2.11. The Morgan fingerprint density at radius 3 is 2.61 bits per heavy atom. The normalized spacial score (nSPS) is 10.7. The highest BCUT2D eigenvalue weighted by atomic mass is 16.5. The zero-order valence-electron chi connectivity index (χ0n) is 17.5. The number of rotatable bonds is 7. The van der Waals surface area contributed by atoms with Crippen LogP contribution >= 0.6 is 0 Å². The van der Waals surface area contributed by atoms with Crippen molar-refractivity contribution in [2.75, 3.05) is 19.5 Å². The summed E-state index contributed by atoms with van der Waals surface area (Å²) in [6, 6.07) is 16.4. The fourth-order valence-electron chi connectivity index (χ4n) is 3.15. The van der Waals surface area contributed by atoms with E-state index in [1.165, 1.54) is 10.9 Å². The van der Waals surface area contributed by atoms with Gasteiger partial charge in [-0.25, -0.2) is 0 Å². The molecule has 2 heterocycles. The van der Waals surface area contributed by atoms with Gasteiger partial charge in [0.05, 0.1) is 20.5 Å². The van der Waals surface area contributed by atoms with E-state index in [0.717, 1.165) is 11.1 Å². The van der Waals surface area contributed by atoms with E-state index in [1.807, 2.05) is 43.3 Å². The fourth-order valence-corrected chi connectivity index (χ4v) is 3.15. The first kappa shape index (κ1) is 20.2. The first-order valence-corrected chi connectivity index (χ1v) is 9.66. The van der Waals surface area contributed by atoms with Crippen LogP contribution in [0.1, 0.15) is 21.5 Å². The minimum Gasteiger partial charge on any atom is -0.493 e. The third-order valence-electron chi connectivity index (χ3n) is 4.70. The fraction of sp³-hybridized carbons (Fsp3) is 0.174. The van der Waals surface area contributed by atoms with E-state index in [9.17, 15) is 4.79 Å². The van der Waals surface area contributed by atoms with Crippen molar-refractivity contribution in [1.29, 1.82) is 0 Å². The molecule has 0 aliphatic heterocycles. The Bertz CT molecular complexity index is 1200. The summed E-state index contributed by atoms with van der Waals surface area (Å²) in [5.74, 6) is 2.09. The molecule has 0 atom stereocenters. The number of carbonyl (C=O) groups is 1. The summed E-state index contributed by atoms with van der Waals surface area (Å²) in [6.07, 6.45) is 1.54. The Kier molecular flexibility index (Phi) is 5.70. The molecule has 0 aliphatic carbocycles. The molecule has 0 saturated heterocycles. The second-order valence-corrected chi connectivity index (χ2v) is 6.87. The lowest BCUT2D eigenvalue weighted by molar-refractivity contribution is 0.0947. The predicted molar refractivity (Wildman–Crippen MR) is 116 cm³/mol. The molecule has 4 aromatic rings. The zero-order chi connectivity index (χ0) is 21.8. The molecular weight excluding hydrogens is 396 g/mol. The average molecular weight is 418 g/mol. The highest BCUT2D eigenvalue weighted by Gasteiger charge is 2.20. The number of hydrogen-bond donors (Lipinski definition) is 1. The van der Waals surface area contributed by atoms with Gasteiger partial charge in [0.1, 0.15) is 0 Å². The Labute approximate surface area is 179 Å². The Morgan fingerprint density at radius 2 is 1.90 bits per heavy atom. The van der Waals surface area contributed by atoms with Gasteiger partial charge >= 0.3 is 0 Å². The van der Waals surface area contributed by atoms with E-state index in [0.29, 0.717) is 41.1 Å². The summed E-state index contributed by atoms with van der Waals surface area (Å²) in [5.41, 5.74) is 2.43. The Balaban J connectivity index is 1.65. The molecule has 0 bridgehead atoms. The van der Waals surface area contributed by atoms with Crippen LogP contribution in [0.2, 0.25) is 0 Å². The number of hydrogen-bond acceptors (Lipinski definition) is 7. The highest BCUT2D eigenvalue weighted by molar-refractivity contribution is 5.97. The maximum Gasteiger partial charge on any atom is 0.281 e. The molecule has 2 aromatic carbocycles. The summed E-state index contributed by atoms with van der Waals surface area (Å²) < 4.78 is 17.3. The lowest BCUT2D eigenvalue weighted by atomic mass is 10.1. The van der Waals surface area contributed by atoms with Gasteiger partial charge in [0.15, 0.2) is 17.3 Å². The molecule has 0 fully saturated rings. The standard InChI is InChI=1S/C23H22N4O4/c1-15-6-4-7-17(12-15)22(28)27-23(25-21(26-27)19-8-5-11-31-19)24-14-16-9-10-18(29-2)20(13-16)30-3/h4-13H,14H2,1-3H3,(H,24,25,26). The average Bonchev–Trinajstić information content (AvgIpc) is 3.47. The maximum absolute atomic E-state index is 13.2. The molecule has 2 aromatic heterocycles. The molecule has 0 amide bonds. The van der Waals surface area contributed by atoms with E-state index in [2.05, 4.69) is 15.4 Å². The van der Waals surface area contributed by atoms with E-state index in [-0.39, 0.29) is 5.91 Å². The topological polar surface area (TPSA) is 91.4 Å². The van der Waals surface area contributed by atoms with Crippen molar-refractivity contribution in [3.8, 4) is 23.1 Å². The summed E-state index contributed by atoms with van der Waals surface area (Å²) >= 11 is 0. The Morgan fingerprint density at radius 1 is 1.06 bits per heavy atom. The number of furan rings is 1. The van der Waals surface area contributed by atoms with Crippen LogP contribution in [0.3, 0.4) is 0 Å². The van der Waals surface area contributed by atoms with Gasteiger partial charge in [0.2, 0.25) is 11.8 Å². The number of anilines is 1. The highest BCUT2D eigenvalue weighted by Crippen LogP contribution is 2.28. The van der Waals surface area contributed by atoms with Crippen molar-refractivity contribution in [1.82, 2.24) is 14.8 Å². The first-order valence-electron chi connectivity index (χ1n) is 9.66. The molecule has 158 valence electrons. The van der Waals surface area contributed by atoms with Crippen LogP contribution in [0, 0.1) is 6.92 Å². The molecule has 0 aliphatic rings. The number of benzene rings is 2. The monoisotopic (exact) mass is 418 g/mol. The van der Waals surface area contributed by atoms with Crippen LogP contribution in [0.5, 0.6) is 11.5 Å². The number of ether oxygens (including phenoxy) is 2. The summed E-state index contributed by atoms with van der Waals surface area (Å²) in [4.78, 5) is 17.6. The predicted octanol–water partition coefficient (Wildman–Crippen LogP) is 4.16. The van der Waals surface area contributed by atoms with Gasteiger partial charge in [0.25, 0.3) is 5.91 Å². The van der Waals surface area contributed by atoms with Gasteiger partial charge in [-0.15, -0.1) is 5.10 Å². The molecule has 31 heavy (non-hydrogen) atoms. The summed E-state index contributed by atoms with van der Waals surface area (Å²) in [5, 5.41) is 7.58. The van der Waals surface area contributed by atoms with E-state index in [4.69, 9.17) is 13.9 Å². The van der Waals surface area contributed by atoms with Crippen molar-refractivity contribution in [2.45, 2.75) is 13.5 Å². The molecule has 0 saturated carbocycles. The Hall–Kier alpha value is -4.07. The molecule has 1 N–H and O–H groups in total. The van der Waals surface area contributed by atoms with Crippen LogP contribution in [0.4, 0.5) is 5.95 Å². The smallest absolute Gasteiger partial charge is 0.281 e. The SMILES string of the molecule is COc1ccc(CNc2nc(-c3ccco3)nn2C(=O)c2cccc(C)c2)cc1OC. The largest absolute Gasteiger partial charge is 0.493 e. The van der Waals surface area contributed by atoms with Gasteiger partial charge in [-0.1, -0.05) is 23.8 Å². The number of carbonyl (C=O) groups excluding carboxylic acids is 1. The molecular formula is C23H22N4O4. The van der Waals surface area contributed by atoms with Crippen molar-refractivity contribution < 1.29 is 18.7 Å². The second-order valence-electron chi connectivity index (χ2n) is 6.87. The van der Waals surface area contributed by atoms with E-state index < -0.39 is 0 Å². The van der Waals surface area contributed by atoms with Crippen molar-refractivity contribution >= 4 is 11.9 Å². The van der Waals surface area contributed by atoms with Crippen molar-refractivity contribution in [3.63, 3.8) is 0 Å². The molecule has 4 rings (SSSR count). The van der Waals surface area contributed by atoms with Gasteiger partial charge < -0.3 is 19.2 Å². The van der Waals surface area contributed by atoms with Crippen molar-refractivity contribution in [3.05, 3.63) is 77.6 Å². The number of nitrogens with zero attached hydrogens (tertiary/aromatic N) is 3. The van der Waals surface area contributed by atoms with Crippen LogP contribution < -0.4 is 14.8 Å². The van der Waals surface area contributed by atoms with Gasteiger partial charge in [0, 0.05) is 12.1 Å². The summed E-state index contributed by atoms with van der Waals surface area (Å²) in [6.45, 7) is 2.33. The molecule has 8 nitrogen and oxygen atoms in total. The van der Waals surface area contributed by atoms with E-state index >= 15 is 0 Å². The second kappa shape index (κ2) is 8.74. The van der Waals surface area contributed by atoms with Crippen LogP contribution in [0.25, 0.3) is 11.6 Å². The van der Waals surface area contributed by atoms with Crippen LogP contribution in [0.15, 0.2) is 65.3 Å². The van der Waals surface area contributed by atoms with Gasteiger partial charge in [-0.2, -0.15) is 9.67 Å². The lowest BCUT2D eigenvalue weighted by Crippen LogP contribution is -2.17. The number of methoxy groups -OCH3 is 2. The maximum atomic E-state index is 13.2. The van der Waals surface area contributed by atoms with Crippen molar-refractivity contribution in [2.24, 2.45) is 0 Å². The molecule has 0 spiro atoms. The van der Waals surface area contributed by atoms with E-state index in [1.54, 1.807) is 32.4 Å². The summed E-state index contributed by atoms with van der Waals surface area (Å²) in [7, 11) is 3.17. The molecule has 0 radical (unpaired) electrons. The quantitative estimate of drug-likeness (QED) is 0.482. The number of nitrogens with one attached hydrogen (secondary N) is 1. The minimum absolute atomic E-state index is 0.288. The molecule has 8 heteroatoms. The molecule has 0 unspecified atom stereocenters. The minimum atomic E-state index is -0.288. The van der Waals surface area contributed by atoms with Crippen LogP contribution in [-0.2, 0) is 6.54 Å². The third kappa shape index (κ3) is 4.28.